The first-order valence-corrected chi connectivity index (χ1v) is 12.9. The zero-order chi connectivity index (χ0) is 30.0. The molecule has 0 spiro atoms. The van der Waals surface area contributed by atoms with E-state index in [1.807, 2.05) is 0 Å². The zero-order valence-electron chi connectivity index (χ0n) is 21.3. The summed E-state index contributed by atoms with van der Waals surface area (Å²) in [6.07, 6.45) is -3.33. The Hall–Kier alpha value is -4.67. The summed E-state index contributed by atoms with van der Waals surface area (Å²) < 4.78 is 46.9. The first kappa shape index (κ1) is 28.8. The van der Waals surface area contributed by atoms with Crippen molar-refractivity contribution >= 4 is 46.3 Å². The van der Waals surface area contributed by atoms with Gasteiger partial charge in [-0.2, -0.15) is 22.9 Å². The summed E-state index contributed by atoms with van der Waals surface area (Å²) in [7, 11) is 0. The van der Waals surface area contributed by atoms with Gasteiger partial charge in [0.15, 0.2) is 11.6 Å². The highest BCUT2D eigenvalue weighted by Crippen LogP contribution is 2.35. The van der Waals surface area contributed by atoms with Crippen molar-refractivity contribution in [3.8, 4) is 17.1 Å². The molecule has 212 valence electrons. The highest BCUT2D eigenvalue weighted by atomic mass is 35.5. The molecule has 1 heterocycles. The minimum Gasteiger partial charge on any atom is -0.486 e. The van der Waals surface area contributed by atoms with E-state index in [1.165, 1.54) is 42.6 Å². The third-order valence-electron chi connectivity index (χ3n) is 6.10. The minimum absolute atomic E-state index is 0.00744. The van der Waals surface area contributed by atoms with Crippen LogP contribution in [0.2, 0.25) is 10.0 Å². The van der Waals surface area contributed by atoms with Crippen molar-refractivity contribution in [1.29, 1.82) is 0 Å². The van der Waals surface area contributed by atoms with E-state index < -0.39 is 23.3 Å². The van der Waals surface area contributed by atoms with E-state index in [0.717, 1.165) is 16.8 Å². The van der Waals surface area contributed by atoms with Gasteiger partial charge < -0.3 is 9.84 Å². The van der Waals surface area contributed by atoms with Gasteiger partial charge in [-0.3, -0.25) is 4.79 Å². The fraction of sp³-hybridized carbons (Fsp3) is 0.0667. The van der Waals surface area contributed by atoms with Gasteiger partial charge in [-0.05, 0) is 59.7 Å². The maximum atomic E-state index is 13.4. The number of ether oxygens (including phenoxy) is 1. The van der Waals surface area contributed by atoms with Crippen molar-refractivity contribution in [2.24, 2.45) is 5.10 Å². The number of halogens is 5. The second-order valence-electron chi connectivity index (χ2n) is 9.00. The summed E-state index contributed by atoms with van der Waals surface area (Å²) in [5.74, 6) is -1.03. The van der Waals surface area contributed by atoms with E-state index in [1.54, 1.807) is 36.4 Å². The lowest BCUT2D eigenvalue weighted by molar-refractivity contribution is -0.137. The maximum Gasteiger partial charge on any atom is 0.416 e. The average Bonchev–Trinajstić information content (AvgIpc) is 2.96. The first-order valence-electron chi connectivity index (χ1n) is 12.2. The van der Waals surface area contributed by atoms with Crippen molar-refractivity contribution < 1.29 is 27.8 Å². The van der Waals surface area contributed by atoms with Gasteiger partial charge in [-0.1, -0.05) is 59.6 Å². The zero-order valence-corrected chi connectivity index (χ0v) is 22.8. The molecule has 4 aromatic carbocycles. The number of carboxylic acids is 1. The molecular weight excluding hydrogens is 594 g/mol. The number of alkyl halides is 3. The van der Waals surface area contributed by atoms with Gasteiger partial charge in [-0.25, -0.2) is 9.78 Å². The van der Waals surface area contributed by atoms with E-state index in [0.29, 0.717) is 16.6 Å². The van der Waals surface area contributed by atoms with Gasteiger partial charge in [0, 0.05) is 5.56 Å². The van der Waals surface area contributed by atoms with Crippen molar-refractivity contribution in [3.05, 3.63) is 128 Å². The van der Waals surface area contributed by atoms with Gasteiger partial charge in [0.1, 0.15) is 6.61 Å². The Balaban J connectivity index is 1.50. The normalized spacial score (nSPS) is 11.7. The molecular formula is C30H18Cl2F3N3O4. The monoisotopic (exact) mass is 611 g/mol. The Morgan fingerprint density at radius 3 is 2.40 bits per heavy atom. The van der Waals surface area contributed by atoms with Crippen molar-refractivity contribution in [3.63, 3.8) is 0 Å². The molecule has 12 heteroatoms. The number of aromatic nitrogens is 2. The lowest BCUT2D eigenvalue weighted by Crippen LogP contribution is -2.20. The molecule has 0 saturated heterocycles. The van der Waals surface area contributed by atoms with Crippen LogP contribution in [0.5, 0.6) is 5.75 Å². The van der Waals surface area contributed by atoms with Gasteiger partial charge >= 0.3 is 12.1 Å². The molecule has 0 radical (unpaired) electrons. The van der Waals surface area contributed by atoms with Gasteiger partial charge in [0.25, 0.3) is 5.56 Å². The largest absolute Gasteiger partial charge is 0.486 e. The first-order chi connectivity index (χ1) is 20.0. The maximum absolute atomic E-state index is 13.4. The molecule has 0 unspecified atom stereocenters. The lowest BCUT2D eigenvalue weighted by atomic mass is 10.1. The number of hydrogen-bond acceptors (Lipinski definition) is 5. The summed E-state index contributed by atoms with van der Waals surface area (Å²) in [6, 6.07) is 20.0. The van der Waals surface area contributed by atoms with Crippen LogP contribution in [-0.2, 0) is 12.8 Å². The number of hydrogen-bond donors (Lipinski definition) is 1. The Labute approximate surface area is 246 Å². The molecule has 0 aliphatic rings. The van der Waals surface area contributed by atoms with Crippen LogP contribution in [0, 0.1) is 0 Å². The van der Waals surface area contributed by atoms with Gasteiger partial charge in [0.2, 0.25) is 0 Å². The Morgan fingerprint density at radius 2 is 1.69 bits per heavy atom. The van der Waals surface area contributed by atoms with Gasteiger partial charge in [-0.15, -0.1) is 0 Å². The average molecular weight is 612 g/mol. The molecule has 0 aliphatic heterocycles. The molecule has 0 amide bonds. The summed E-state index contributed by atoms with van der Waals surface area (Å²) in [5, 5.41) is 13.9. The van der Waals surface area contributed by atoms with Crippen LogP contribution < -0.4 is 10.3 Å². The van der Waals surface area contributed by atoms with Crippen LogP contribution in [0.25, 0.3) is 22.3 Å². The predicted molar refractivity (Wildman–Crippen MR) is 154 cm³/mol. The topological polar surface area (TPSA) is 93.8 Å². The second kappa shape index (κ2) is 11.7. The number of benzene rings is 4. The quantitative estimate of drug-likeness (QED) is 0.192. The third-order valence-corrected chi connectivity index (χ3v) is 6.66. The number of nitrogens with zero attached hydrogens (tertiary/aromatic N) is 3. The Bertz CT molecular complexity index is 1900. The molecule has 5 rings (SSSR count). The fourth-order valence-electron chi connectivity index (χ4n) is 4.12. The molecule has 0 saturated carbocycles. The van der Waals surface area contributed by atoms with E-state index in [-0.39, 0.29) is 44.7 Å². The lowest BCUT2D eigenvalue weighted by Gasteiger charge is -2.13. The van der Waals surface area contributed by atoms with Crippen LogP contribution in [0.1, 0.15) is 27.0 Å². The summed E-state index contributed by atoms with van der Waals surface area (Å²) in [6.45, 7) is -0.00744. The molecule has 1 aromatic heterocycles. The van der Waals surface area contributed by atoms with Crippen LogP contribution in [-0.4, -0.2) is 27.0 Å². The summed E-state index contributed by atoms with van der Waals surface area (Å²) in [4.78, 5) is 29.0. The summed E-state index contributed by atoms with van der Waals surface area (Å²) >= 11 is 12.8. The number of fused-ring (bicyclic) bond motifs is 1. The number of aromatic carboxylic acids is 1. The number of para-hydroxylation sites is 1. The van der Waals surface area contributed by atoms with Crippen LogP contribution in [0.3, 0.4) is 0 Å². The Kier molecular flexibility index (Phi) is 8.02. The SMILES string of the molecule is O=C(O)c1cccc(COc2c(Cl)cc(C=Nn3c(-c4cccc(C(F)(F)F)c4)nc4ccccc4c3=O)cc2Cl)c1. The van der Waals surface area contributed by atoms with Crippen LogP contribution >= 0.6 is 23.2 Å². The Morgan fingerprint density at radius 1 is 0.976 bits per heavy atom. The highest BCUT2D eigenvalue weighted by molar-refractivity contribution is 6.37. The second-order valence-corrected chi connectivity index (χ2v) is 9.81. The minimum atomic E-state index is -4.60. The van der Waals surface area contributed by atoms with E-state index in [2.05, 4.69) is 10.1 Å². The molecule has 0 aliphatic carbocycles. The third kappa shape index (κ3) is 6.14. The van der Waals surface area contributed by atoms with Crippen LogP contribution in [0.15, 0.2) is 94.8 Å². The van der Waals surface area contributed by atoms with Gasteiger partial charge in [0.05, 0.1) is 38.3 Å². The standard InChI is InChI=1S/C30H18Cl2F3N3O4/c31-23-12-18(13-24(32)26(23)42-16-17-5-3-7-20(11-17)29(40)41)15-36-38-27(19-6-4-8-21(14-19)30(33,34)35)37-25-10-2-1-9-22(25)28(38)39/h1-15H,16H2,(H,40,41). The molecule has 0 atom stereocenters. The smallest absolute Gasteiger partial charge is 0.416 e. The molecule has 1 N–H and O–H groups in total. The van der Waals surface area contributed by atoms with E-state index in [4.69, 9.17) is 27.9 Å². The van der Waals surface area contributed by atoms with Crippen molar-refractivity contribution in [2.75, 3.05) is 0 Å². The number of rotatable bonds is 7. The molecule has 7 nitrogen and oxygen atoms in total. The fourth-order valence-corrected chi connectivity index (χ4v) is 4.73. The predicted octanol–water partition coefficient (Wildman–Crippen LogP) is 7.55. The number of carboxylic acid groups (broad SMARTS) is 1. The molecule has 42 heavy (non-hydrogen) atoms. The highest BCUT2D eigenvalue weighted by Gasteiger charge is 2.31. The van der Waals surface area contributed by atoms with Crippen molar-refractivity contribution in [1.82, 2.24) is 9.66 Å². The van der Waals surface area contributed by atoms with E-state index in [9.17, 15) is 27.9 Å². The molecule has 0 bridgehead atoms. The molecule has 0 fully saturated rings. The summed E-state index contributed by atoms with van der Waals surface area (Å²) in [5.41, 5.74) is -0.118. The van der Waals surface area contributed by atoms with Crippen molar-refractivity contribution in [2.45, 2.75) is 12.8 Å². The molecule has 5 aromatic rings. The van der Waals surface area contributed by atoms with Crippen LogP contribution in [0.4, 0.5) is 13.2 Å². The van der Waals surface area contributed by atoms with E-state index >= 15 is 0 Å². The number of carbonyl (C=O) groups is 1.